The molecule has 0 N–H and O–H groups in total. The number of carbonyl (C=O) groups excluding carboxylic acids is 2. The number of hydrogen-bond donors (Lipinski definition) is 0. The van der Waals surface area contributed by atoms with Crippen molar-refractivity contribution < 1.29 is 18.4 Å². The molecule has 2 aliphatic rings. The monoisotopic (exact) mass is 393 g/mol. The Morgan fingerprint density at radius 2 is 1.64 bits per heavy atom. The summed E-state index contributed by atoms with van der Waals surface area (Å²) in [5.74, 6) is -0.297. The van der Waals surface area contributed by atoms with Gasteiger partial charge in [0.2, 0.25) is 11.8 Å². The number of nitrogens with zero attached hydrogens (tertiary/aromatic N) is 3. The highest BCUT2D eigenvalue weighted by atomic mass is 19.1. The quantitative estimate of drug-likeness (QED) is 0.771. The first-order valence-corrected chi connectivity index (χ1v) is 10.1. The number of aryl methyl sites for hydroxylation is 1. The Hall–Kier alpha value is -2.02. The molecule has 0 aromatic heterocycles. The van der Waals surface area contributed by atoms with Crippen LogP contribution in [0.15, 0.2) is 18.2 Å². The summed E-state index contributed by atoms with van der Waals surface area (Å²) in [6.07, 6.45) is 3.50. The van der Waals surface area contributed by atoms with Gasteiger partial charge in [0.25, 0.3) is 0 Å². The molecule has 154 valence electrons. The first kappa shape index (κ1) is 20.7. The van der Waals surface area contributed by atoms with Crippen molar-refractivity contribution in [2.24, 2.45) is 5.92 Å². The van der Waals surface area contributed by atoms with Gasteiger partial charge < -0.3 is 9.80 Å². The van der Waals surface area contributed by atoms with E-state index in [-0.39, 0.29) is 11.8 Å². The second kappa shape index (κ2) is 9.45. The van der Waals surface area contributed by atoms with Crippen LogP contribution in [0.5, 0.6) is 0 Å². The fourth-order valence-electron chi connectivity index (χ4n) is 4.08. The fraction of sp³-hybridized carbons (Fsp3) is 0.619. The first-order valence-electron chi connectivity index (χ1n) is 10.1. The van der Waals surface area contributed by atoms with Gasteiger partial charge in [-0.2, -0.15) is 0 Å². The van der Waals surface area contributed by atoms with E-state index in [9.17, 15) is 18.4 Å². The van der Waals surface area contributed by atoms with Crippen LogP contribution in [0, 0.1) is 17.6 Å². The van der Waals surface area contributed by atoms with Crippen molar-refractivity contribution in [3.63, 3.8) is 0 Å². The molecule has 28 heavy (non-hydrogen) atoms. The Labute approximate surface area is 165 Å². The van der Waals surface area contributed by atoms with Gasteiger partial charge in [0.1, 0.15) is 11.6 Å². The summed E-state index contributed by atoms with van der Waals surface area (Å²) in [6, 6.07) is 3.78. The molecular weight excluding hydrogens is 364 g/mol. The molecule has 0 radical (unpaired) electrons. The number of piperidine rings is 1. The summed E-state index contributed by atoms with van der Waals surface area (Å²) in [6.45, 7) is 6.18. The number of likely N-dealkylation sites (tertiary alicyclic amines) is 1. The van der Waals surface area contributed by atoms with Gasteiger partial charge in [0.15, 0.2) is 0 Å². The zero-order chi connectivity index (χ0) is 20.1. The lowest BCUT2D eigenvalue weighted by molar-refractivity contribution is -0.139. The lowest BCUT2D eigenvalue weighted by Gasteiger charge is -2.37. The molecule has 0 atom stereocenters. The fourth-order valence-corrected chi connectivity index (χ4v) is 4.08. The van der Waals surface area contributed by atoms with Crippen LogP contribution in [0.3, 0.4) is 0 Å². The van der Waals surface area contributed by atoms with Crippen LogP contribution in [0.2, 0.25) is 0 Å². The van der Waals surface area contributed by atoms with Gasteiger partial charge in [-0.25, -0.2) is 8.78 Å². The first-order chi connectivity index (χ1) is 13.4. The number of hydrogen-bond acceptors (Lipinski definition) is 3. The number of benzene rings is 1. The van der Waals surface area contributed by atoms with Crippen molar-refractivity contribution in [1.29, 1.82) is 0 Å². The standard InChI is InChI=1S/C21H29F2N3O2/c1-16(27)25-10-12-26(13-11-25)21(28)15-24-8-6-17(7-9-24)2-3-18-4-5-19(22)14-20(18)23/h4-5,14,17H,2-3,6-13,15H2,1H3. The number of rotatable bonds is 5. The summed E-state index contributed by atoms with van der Waals surface area (Å²) < 4.78 is 26.7. The SMILES string of the molecule is CC(=O)N1CCN(C(=O)CN2CCC(CCc3ccc(F)cc3F)CC2)CC1. The average molecular weight is 393 g/mol. The third-order valence-corrected chi connectivity index (χ3v) is 5.98. The Bertz CT molecular complexity index is 697. The summed E-state index contributed by atoms with van der Waals surface area (Å²) in [5.41, 5.74) is 0.573. The molecule has 5 nitrogen and oxygen atoms in total. The maximum atomic E-state index is 13.7. The van der Waals surface area contributed by atoms with E-state index in [4.69, 9.17) is 0 Å². The molecule has 1 aromatic rings. The minimum Gasteiger partial charge on any atom is -0.339 e. The predicted octanol–water partition coefficient (Wildman–Crippen LogP) is 2.30. The average Bonchev–Trinajstić information content (AvgIpc) is 2.68. The molecule has 0 bridgehead atoms. The van der Waals surface area contributed by atoms with Gasteiger partial charge in [0, 0.05) is 39.2 Å². The van der Waals surface area contributed by atoms with Gasteiger partial charge in [0.05, 0.1) is 6.54 Å². The second-order valence-electron chi connectivity index (χ2n) is 7.88. The van der Waals surface area contributed by atoms with E-state index in [1.807, 2.05) is 4.90 Å². The molecule has 1 aromatic carbocycles. The van der Waals surface area contributed by atoms with Crippen LogP contribution >= 0.6 is 0 Å². The van der Waals surface area contributed by atoms with E-state index in [2.05, 4.69) is 4.90 Å². The van der Waals surface area contributed by atoms with Gasteiger partial charge in [-0.15, -0.1) is 0 Å². The number of carbonyl (C=O) groups is 2. The van der Waals surface area contributed by atoms with Gasteiger partial charge in [-0.05, 0) is 56.3 Å². The molecule has 0 spiro atoms. The minimum absolute atomic E-state index is 0.0645. The highest BCUT2D eigenvalue weighted by molar-refractivity contribution is 5.79. The largest absolute Gasteiger partial charge is 0.339 e. The molecule has 0 unspecified atom stereocenters. The Balaban J connectivity index is 1.37. The third-order valence-electron chi connectivity index (χ3n) is 5.98. The number of amides is 2. The van der Waals surface area contributed by atoms with Gasteiger partial charge in [-0.1, -0.05) is 6.07 Å². The number of piperazine rings is 1. The zero-order valence-electron chi connectivity index (χ0n) is 16.5. The number of halogens is 2. The van der Waals surface area contributed by atoms with Crippen LogP contribution in [0.4, 0.5) is 8.78 Å². The Morgan fingerprint density at radius 1 is 1.00 bits per heavy atom. The van der Waals surface area contributed by atoms with Crippen LogP contribution in [0.25, 0.3) is 0 Å². The summed E-state index contributed by atoms with van der Waals surface area (Å²) in [7, 11) is 0. The Morgan fingerprint density at radius 3 is 2.25 bits per heavy atom. The highest BCUT2D eigenvalue weighted by Gasteiger charge is 2.26. The van der Waals surface area contributed by atoms with E-state index >= 15 is 0 Å². The van der Waals surface area contributed by atoms with Gasteiger partial charge >= 0.3 is 0 Å². The molecule has 2 heterocycles. The van der Waals surface area contributed by atoms with Crippen molar-refractivity contribution >= 4 is 11.8 Å². The summed E-state index contributed by atoms with van der Waals surface area (Å²) in [5, 5.41) is 0. The van der Waals surface area contributed by atoms with E-state index < -0.39 is 11.6 Å². The molecule has 2 aliphatic heterocycles. The lowest BCUT2D eigenvalue weighted by atomic mass is 9.90. The summed E-state index contributed by atoms with van der Waals surface area (Å²) in [4.78, 5) is 29.7. The molecule has 0 saturated carbocycles. The minimum atomic E-state index is -0.540. The smallest absolute Gasteiger partial charge is 0.236 e. The predicted molar refractivity (Wildman–Crippen MR) is 103 cm³/mol. The van der Waals surface area contributed by atoms with Crippen molar-refractivity contribution in [2.45, 2.75) is 32.6 Å². The molecule has 2 amide bonds. The maximum Gasteiger partial charge on any atom is 0.236 e. The molecule has 2 saturated heterocycles. The van der Waals surface area contributed by atoms with E-state index in [1.54, 1.807) is 11.8 Å². The highest BCUT2D eigenvalue weighted by Crippen LogP contribution is 2.23. The van der Waals surface area contributed by atoms with Crippen molar-refractivity contribution in [2.75, 3.05) is 45.8 Å². The lowest BCUT2D eigenvalue weighted by Crippen LogP contribution is -2.52. The van der Waals surface area contributed by atoms with Crippen molar-refractivity contribution in [3.05, 3.63) is 35.4 Å². The normalized spacial score (nSPS) is 19.1. The second-order valence-corrected chi connectivity index (χ2v) is 7.88. The zero-order valence-corrected chi connectivity index (χ0v) is 16.5. The Kier molecular flexibility index (Phi) is 6.99. The van der Waals surface area contributed by atoms with Crippen LogP contribution in [-0.4, -0.2) is 72.3 Å². The molecule has 3 rings (SSSR count). The topological polar surface area (TPSA) is 43.9 Å². The van der Waals surface area contributed by atoms with Gasteiger partial charge in [-0.3, -0.25) is 14.5 Å². The maximum absolute atomic E-state index is 13.7. The molecule has 2 fully saturated rings. The molecule has 7 heteroatoms. The van der Waals surface area contributed by atoms with Crippen LogP contribution in [-0.2, 0) is 16.0 Å². The molecule has 0 aliphatic carbocycles. The van der Waals surface area contributed by atoms with Crippen molar-refractivity contribution in [3.8, 4) is 0 Å². The van der Waals surface area contributed by atoms with Crippen molar-refractivity contribution in [1.82, 2.24) is 14.7 Å². The summed E-state index contributed by atoms with van der Waals surface area (Å²) >= 11 is 0. The van der Waals surface area contributed by atoms with Crippen LogP contribution in [0.1, 0.15) is 31.7 Å². The molecular formula is C21H29F2N3O2. The van der Waals surface area contributed by atoms with Crippen LogP contribution < -0.4 is 0 Å². The van der Waals surface area contributed by atoms with E-state index in [0.29, 0.717) is 50.6 Å². The third kappa shape index (κ3) is 5.50. The van der Waals surface area contributed by atoms with E-state index in [0.717, 1.165) is 38.4 Å². The van der Waals surface area contributed by atoms with E-state index in [1.165, 1.54) is 12.1 Å².